The summed E-state index contributed by atoms with van der Waals surface area (Å²) >= 11 is 3.88. The Morgan fingerprint density at radius 2 is 1.94 bits per heavy atom. The fraction of sp³-hybridized carbons (Fsp3) is 0.923. The van der Waals surface area contributed by atoms with E-state index in [2.05, 4.69) is 10.6 Å². The van der Waals surface area contributed by atoms with Gasteiger partial charge in [-0.3, -0.25) is 4.79 Å². The highest BCUT2D eigenvalue weighted by atomic mass is 32.2. The number of nitrogens with one attached hydrogen (secondary N) is 2. The first-order chi connectivity index (χ1) is 8.84. The molecule has 0 atom stereocenters. The Labute approximate surface area is 119 Å². The number of amides is 1. The van der Waals surface area contributed by atoms with Gasteiger partial charge in [-0.25, -0.2) is 0 Å². The molecule has 2 heterocycles. The van der Waals surface area contributed by atoms with Crippen molar-refractivity contribution in [3.05, 3.63) is 0 Å². The van der Waals surface area contributed by atoms with Gasteiger partial charge in [0.25, 0.3) is 0 Å². The van der Waals surface area contributed by atoms with Crippen LogP contribution in [0, 0.1) is 5.92 Å². The summed E-state index contributed by atoms with van der Waals surface area (Å²) in [6, 6.07) is 0. The van der Waals surface area contributed by atoms with E-state index < -0.39 is 0 Å². The summed E-state index contributed by atoms with van der Waals surface area (Å²) in [5, 5.41) is 7.15. The average Bonchev–Trinajstić information content (AvgIpc) is 2.45. The minimum absolute atomic E-state index is 0.233. The van der Waals surface area contributed by atoms with Crippen LogP contribution in [0.15, 0.2) is 0 Å². The van der Waals surface area contributed by atoms with E-state index in [1.54, 1.807) is 0 Å². The third-order valence-electron chi connectivity index (χ3n) is 3.67. The smallest absolute Gasteiger partial charge is 0.230 e. The van der Waals surface area contributed by atoms with Crippen molar-refractivity contribution in [2.45, 2.75) is 30.9 Å². The van der Waals surface area contributed by atoms with Gasteiger partial charge in [0, 0.05) is 11.8 Å². The van der Waals surface area contributed by atoms with Crippen molar-refractivity contribution in [2.24, 2.45) is 5.92 Å². The molecule has 0 aromatic rings. The van der Waals surface area contributed by atoms with E-state index in [4.69, 9.17) is 0 Å². The Morgan fingerprint density at radius 1 is 1.22 bits per heavy atom. The summed E-state index contributed by atoms with van der Waals surface area (Å²) in [5.41, 5.74) is 0. The lowest BCUT2D eigenvalue weighted by Crippen LogP contribution is -2.34. The first-order valence-electron chi connectivity index (χ1n) is 7.01. The van der Waals surface area contributed by atoms with Crippen molar-refractivity contribution >= 4 is 29.4 Å². The van der Waals surface area contributed by atoms with Crippen molar-refractivity contribution < 1.29 is 4.79 Å². The third-order valence-corrected chi connectivity index (χ3v) is 6.09. The lowest BCUT2D eigenvalue weighted by molar-refractivity contribution is -0.118. The highest BCUT2D eigenvalue weighted by Crippen LogP contribution is 2.22. The number of hydrogen-bond acceptors (Lipinski definition) is 4. The predicted molar refractivity (Wildman–Crippen MR) is 81.4 cm³/mol. The standard InChI is InChI=1S/C13H24N2OS2/c16-13(10-18-12-1-5-14-6-2-12)15-9-11-3-7-17-8-4-11/h11-12,14H,1-10H2,(H,15,16). The second-order valence-electron chi connectivity index (χ2n) is 5.12. The van der Waals surface area contributed by atoms with Crippen LogP contribution in [-0.2, 0) is 4.79 Å². The molecular formula is C13H24N2OS2. The van der Waals surface area contributed by atoms with Gasteiger partial charge in [-0.2, -0.15) is 11.8 Å². The van der Waals surface area contributed by atoms with Crippen molar-refractivity contribution in [2.75, 3.05) is 36.9 Å². The second-order valence-corrected chi connectivity index (χ2v) is 7.63. The molecule has 0 aromatic heterocycles. The molecule has 0 saturated carbocycles. The average molecular weight is 288 g/mol. The lowest BCUT2D eigenvalue weighted by Gasteiger charge is -2.23. The van der Waals surface area contributed by atoms with Crippen LogP contribution < -0.4 is 10.6 Å². The van der Waals surface area contributed by atoms with E-state index in [0.29, 0.717) is 11.0 Å². The molecule has 2 rings (SSSR count). The van der Waals surface area contributed by atoms with Gasteiger partial charge in [0.1, 0.15) is 0 Å². The van der Waals surface area contributed by atoms with E-state index in [9.17, 15) is 4.79 Å². The molecule has 1 amide bonds. The zero-order valence-electron chi connectivity index (χ0n) is 11.0. The molecule has 0 aliphatic carbocycles. The van der Waals surface area contributed by atoms with E-state index in [-0.39, 0.29) is 5.91 Å². The van der Waals surface area contributed by atoms with Gasteiger partial charge in [0.2, 0.25) is 5.91 Å². The normalized spacial score (nSPS) is 22.9. The van der Waals surface area contributed by atoms with Crippen molar-refractivity contribution in [3.8, 4) is 0 Å². The monoisotopic (exact) mass is 288 g/mol. The zero-order chi connectivity index (χ0) is 12.6. The number of thioether (sulfide) groups is 2. The molecule has 0 bridgehead atoms. The molecule has 5 heteroatoms. The Hall–Kier alpha value is 0.130. The SMILES string of the molecule is O=C(CSC1CCNCC1)NCC1CCSCC1. The molecular weight excluding hydrogens is 264 g/mol. The quantitative estimate of drug-likeness (QED) is 0.808. The molecule has 2 aliphatic rings. The van der Waals surface area contributed by atoms with Crippen LogP contribution >= 0.6 is 23.5 Å². The molecule has 2 saturated heterocycles. The molecule has 2 aliphatic heterocycles. The van der Waals surface area contributed by atoms with Gasteiger partial charge in [-0.1, -0.05) is 0 Å². The third kappa shape index (κ3) is 5.41. The van der Waals surface area contributed by atoms with Crippen LogP contribution in [0.3, 0.4) is 0 Å². The van der Waals surface area contributed by atoms with Crippen LogP contribution in [0.4, 0.5) is 0 Å². The first kappa shape index (κ1) is 14.5. The summed E-state index contributed by atoms with van der Waals surface area (Å²) < 4.78 is 0. The fourth-order valence-electron chi connectivity index (χ4n) is 2.42. The molecule has 3 nitrogen and oxygen atoms in total. The van der Waals surface area contributed by atoms with Crippen molar-refractivity contribution in [3.63, 3.8) is 0 Å². The molecule has 0 unspecified atom stereocenters. The summed E-state index contributed by atoms with van der Waals surface area (Å²) in [5.74, 6) is 4.14. The molecule has 2 fully saturated rings. The minimum Gasteiger partial charge on any atom is -0.355 e. The summed E-state index contributed by atoms with van der Waals surface area (Å²) in [6.45, 7) is 3.12. The van der Waals surface area contributed by atoms with Gasteiger partial charge in [-0.05, 0) is 56.2 Å². The van der Waals surface area contributed by atoms with Crippen LogP contribution in [0.25, 0.3) is 0 Å². The topological polar surface area (TPSA) is 41.1 Å². The predicted octanol–water partition coefficient (Wildman–Crippen LogP) is 1.73. The molecule has 18 heavy (non-hydrogen) atoms. The Bertz CT molecular complexity index is 227. The van der Waals surface area contributed by atoms with Gasteiger partial charge in [0.05, 0.1) is 5.75 Å². The lowest BCUT2D eigenvalue weighted by atomic mass is 10.0. The van der Waals surface area contributed by atoms with Crippen LogP contribution in [0.1, 0.15) is 25.7 Å². The maximum atomic E-state index is 11.8. The van der Waals surface area contributed by atoms with Crippen LogP contribution in [0.2, 0.25) is 0 Å². The number of carbonyl (C=O) groups is 1. The van der Waals surface area contributed by atoms with E-state index in [0.717, 1.165) is 25.6 Å². The number of rotatable bonds is 5. The Morgan fingerprint density at radius 3 is 2.67 bits per heavy atom. The van der Waals surface area contributed by atoms with Gasteiger partial charge in [0.15, 0.2) is 0 Å². The van der Waals surface area contributed by atoms with Gasteiger partial charge >= 0.3 is 0 Å². The highest BCUT2D eigenvalue weighted by molar-refractivity contribution is 8.00. The molecule has 2 N–H and O–H groups in total. The number of piperidine rings is 1. The van der Waals surface area contributed by atoms with Crippen LogP contribution in [-0.4, -0.2) is 48.0 Å². The van der Waals surface area contributed by atoms with Crippen molar-refractivity contribution in [1.29, 1.82) is 0 Å². The summed E-state index contributed by atoms with van der Waals surface area (Å²) in [7, 11) is 0. The molecule has 0 spiro atoms. The summed E-state index contributed by atoms with van der Waals surface area (Å²) in [6.07, 6.45) is 4.95. The Balaban J connectivity index is 1.54. The van der Waals surface area contributed by atoms with Gasteiger partial charge < -0.3 is 10.6 Å². The molecule has 104 valence electrons. The van der Waals surface area contributed by atoms with E-state index in [1.165, 1.54) is 37.2 Å². The van der Waals surface area contributed by atoms with E-state index >= 15 is 0 Å². The van der Waals surface area contributed by atoms with Crippen LogP contribution in [0.5, 0.6) is 0 Å². The number of hydrogen-bond donors (Lipinski definition) is 2. The number of carbonyl (C=O) groups excluding carboxylic acids is 1. The maximum Gasteiger partial charge on any atom is 0.230 e. The zero-order valence-corrected chi connectivity index (χ0v) is 12.6. The largest absolute Gasteiger partial charge is 0.355 e. The Kier molecular flexibility index (Phi) is 6.73. The highest BCUT2D eigenvalue weighted by Gasteiger charge is 2.17. The fourth-order valence-corrected chi connectivity index (χ4v) is 4.68. The minimum atomic E-state index is 0.233. The maximum absolute atomic E-state index is 11.8. The molecule has 0 radical (unpaired) electrons. The second kappa shape index (κ2) is 8.33. The van der Waals surface area contributed by atoms with Gasteiger partial charge in [-0.15, -0.1) is 11.8 Å². The van der Waals surface area contributed by atoms with Crippen molar-refractivity contribution in [1.82, 2.24) is 10.6 Å². The van der Waals surface area contributed by atoms with E-state index in [1.807, 2.05) is 23.5 Å². The summed E-state index contributed by atoms with van der Waals surface area (Å²) in [4.78, 5) is 11.8. The first-order valence-corrected chi connectivity index (χ1v) is 9.21. The molecule has 0 aromatic carbocycles.